The van der Waals surface area contributed by atoms with Gasteiger partial charge in [0.25, 0.3) is 0 Å². The minimum atomic E-state index is -0.588. The Bertz CT molecular complexity index is 283. The van der Waals surface area contributed by atoms with Crippen molar-refractivity contribution in [2.75, 3.05) is 26.8 Å². The predicted octanol–water partition coefficient (Wildman–Crippen LogP) is -0.913. The molecule has 98 valence electrons. The van der Waals surface area contributed by atoms with Crippen LogP contribution >= 0.6 is 0 Å². The molecule has 1 rings (SSSR count). The van der Waals surface area contributed by atoms with Crippen LogP contribution in [0.5, 0.6) is 0 Å². The zero-order chi connectivity index (χ0) is 12.8. The lowest BCUT2D eigenvalue weighted by atomic mass is 10.1. The molecule has 0 aromatic heterocycles. The summed E-state index contributed by atoms with van der Waals surface area (Å²) in [5.74, 6) is -0.255. The Labute approximate surface area is 101 Å². The van der Waals surface area contributed by atoms with Crippen LogP contribution < -0.4 is 11.1 Å². The van der Waals surface area contributed by atoms with Crippen molar-refractivity contribution >= 4 is 11.8 Å². The van der Waals surface area contributed by atoms with E-state index in [0.29, 0.717) is 32.5 Å². The number of nitrogens with zero attached hydrogens (tertiary/aromatic N) is 1. The third-order valence-electron chi connectivity index (χ3n) is 2.95. The minimum Gasteiger partial charge on any atom is -0.385 e. The van der Waals surface area contributed by atoms with Crippen molar-refractivity contribution in [3.05, 3.63) is 0 Å². The van der Waals surface area contributed by atoms with Gasteiger partial charge in [-0.2, -0.15) is 0 Å². The SMILES string of the molecule is CCC1C(=O)NCCN1C(=O)C(N)CCOC. The summed E-state index contributed by atoms with van der Waals surface area (Å²) in [7, 11) is 1.57. The van der Waals surface area contributed by atoms with Gasteiger partial charge in [-0.3, -0.25) is 9.59 Å². The van der Waals surface area contributed by atoms with Crippen LogP contribution in [0.4, 0.5) is 0 Å². The molecule has 0 spiro atoms. The van der Waals surface area contributed by atoms with Gasteiger partial charge in [-0.05, 0) is 12.8 Å². The molecule has 0 aromatic rings. The lowest BCUT2D eigenvalue weighted by Crippen LogP contribution is -2.60. The van der Waals surface area contributed by atoms with Gasteiger partial charge in [0.15, 0.2) is 0 Å². The minimum absolute atomic E-state index is 0.0916. The Kier molecular flexibility index (Phi) is 5.37. The highest BCUT2D eigenvalue weighted by molar-refractivity contribution is 5.90. The maximum absolute atomic E-state index is 12.1. The van der Waals surface area contributed by atoms with Gasteiger partial charge in [-0.25, -0.2) is 0 Å². The number of hydrogen-bond acceptors (Lipinski definition) is 4. The molecule has 1 aliphatic rings. The molecule has 0 radical (unpaired) electrons. The summed E-state index contributed by atoms with van der Waals surface area (Å²) in [6.45, 7) is 3.36. The topological polar surface area (TPSA) is 84.7 Å². The second kappa shape index (κ2) is 6.56. The largest absolute Gasteiger partial charge is 0.385 e. The monoisotopic (exact) mass is 243 g/mol. The zero-order valence-electron chi connectivity index (χ0n) is 10.4. The number of rotatable bonds is 5. The maximum atomic E-state index is 12.1. The highest BCUT2D eigenvalue weighted by Gasteiger charge is 2.33. The molecule has 0 aliphatic carbocycles. The molecule has 0 bridgehead atoms. The third kappa shape index (κ3) is 3.41. The lowest BCUT2D eigenvalue weighted by molar-refractivity contribution is -0.144. The first-order valence-electron chi connectivity index (χ1n) is 5.94. The van der Waals surface area contributed by atoms with Gasteiger partial charge in [-0.15, -0.1) is 0 Å². The quantitative estimate of drug-likeness (QED) is 0.654. The summed E-state index contributed by atoms with van der Waals surface area (Å²) in [5.41, 5.74) is 5.79. The summed E-state index contributed by atoms with van der Waals surface area (Å²) in [4.78, 5) is 25.3. The van der Waals surface area contributed by atoms with Crippen molar-refractivity contribution in [3.63, 3.8) is 0 Å². The molecule has 3 N–H and O–H groups in total. The van der Waals surface area contributed by atoms with Crippen molar-refractivity contribution in [2.24, 2.45) is 5.73 Å². The number of nitrogens with two attached hydrogens (primary N) is 1. The van der Waals surface area contributed by atoms with Crippen LogP contribution in [-0.4, -0.2) is 55.6 Å². The third-order valence-corrected chi connectivity index (χ3v) is 2.95. The van der Waals surface area contributed by atoms with Crippen molar-refractivity contribution in [2.45, 2.75) is 31.8 Å². The van der Waals surface area contributed by atoms with Crippen molar-refractivity contribution < 1.29 is 14.3 Å². The lowest BCUT2D eigenvalue weighted by Gasteiger charge is -2.36. The molecular formula is C11H21N3O3. The fraction of sp³-hybridized carbons (Fsp3) is 0.818. The average Bonchev–Trinajstić information content (AvgIpc) is 2.34. The van der Waals surface area contributed by atoms with Gasteiger partial charge in [-0.1, -0.05) is 6.92 Å². The molecule has 6 nitrogen and oxygen atoms in total. The van der Waals surface area contributed by atoms with E-state index in [-0.39, 0.29) is 17.9 Å². The Hall–Kier alpha value is -1.14. The first-order valence-corrected chi connectivity index (χ1v) is 5.94. The molecule has 17 heavy (non-hydrogen) atoms. The highest BCUT2D eigenvalue weighted by atomic mass is 16.5. The molecule has 0 saturated carbocycles. The number of nitrogens with one attached hydrogen (secondary N) is 1. The standard InChI is InChI=1S/C11H21N3O3/c1-3-9-10(15)13-5-6-14(9)11(16)8(12)4-7-17-2/h8-9H,3-7,12H2,1-2H3,(H,13,15). The molecule has 1 aliphatic heterocycles. The molecule has 2 amide bonds. The first kappa shape index (κ1) is 13.9. The molecule has 0 aromatic carbocycles. The van der Waals surface area contributed by atoms with Gasteiger partial charge in [0.2, 0.25) is 11.8 Å². The van der Waals surface area contributed by atoms with Gasteiger partial charge >= 0.3 is 0 Å². The molecular weight excluding hydrogens is 222 g/mol. The zero-order valence-corrected chi connectivity index (χ0v) is 10.4. The van der Waals surface area contributed by atoms with E-state index < -0.39 is 6.04 Å². The maximum Gasteiger partial charge on any atom is 0.242 e. The van der Waals surface area contributed by atoms with Crippen molar-refractivity contribution in [1.29, 1.82) is 0 Å². The van der Waals surface area contributed by atoms with Crippen LogP contribution in [0, 0.1) is 0 Å². The summed E-state index contributed by atoms with van der Waals surface area (Å²) in [6.07, 6.45) is 1.08. The van der Waals surface area contributed by atoms with Crippen LogP contribution in [0.1, 0.15) is 19.8 Å². The Morgan fingerprint density at radius 2 is 2.41 bits per heavy atom. The summed E-state index contributed by atoms with van der Waals surface area (Å²) in [6, 6.07) is -0.972. The number of carbonyl (C=O) groups is 2. The molecule has 6 heteroatoms. The fourth-order valence-corrected chi connectivity index (χ4v) is 1.97. The van der Waals surface area contributed by atoms with Crippen molar-refractivity contribution in [1.82, 2.24) is 10.2 Å². The van der Waals surface area contributed by atoms with E-state index >= 15 is 0 Å². The van der Waals surface area contributed by atoms with E-state index in [9.17, 15) is 9.59 Å². The van der Waals surface area contributed by atoms with E-state index in [0.717, 1.165) is 0 Å². The van der Waals surface area contributed by atoms with E-state index in [1.807, 2.05) is 6.92 Å². The number of carbonyl (C=O) groups excluding carboxylic acids is 2. The van der Waals surface area contributed by atoms with Crippen molar-refractivity contribution in [3.8, 4) is 0 Å². The molecule has 2 unspecified atom stereocenters. The summed E-state index contributed by atoms with van der Waals surface area (Å²) < 4.78 is 4.89. The second-order valence-electron chi connectivity index (χ2n) is 4.13. The Morgan fingerprint density at radius 3 is 3.00 bits per heavy atom. The predicted molar refractivity (Wildman–Crippen MR) is 63.3 cm³/mol. The summed E-state index contributed by atoms with van der Waals surface area (Å²) in [5, 5.41) is 2.75. The molecule has 1 fully saturated rings. The summed E-state index contributed by atoms with van der Waals surface area (Å²) >= 11 is 0. The smallest absolute Gasteiger partial charge is 0.242 e. The normalized spacial score (nSPS) is 22.2. The average molecular weight is 243 g/mol. The first-order chi connectivity index (χ1) is 8.11. The van der Waals surface area contributed by atoms with Crippen LogP contribution in [-0.2, 0) is 14.3 Å². The Morgan fingerprint density at radius 1 is 1.71 bits per heavy atom. The van der Waals surface area contributed by atoms with E-state index in [4.69, 9.17) is 10.5 Å². The van der Waals surface area contributed by atoms with E-state index in [1.165, 1.54) is 0 Å². The van der Waals surface area contributed by atoms with Gasteiger partial charge in [0.1, 0.15) is 6.04 Å². The van der Waals surface area contributed by atoms with Crippen LogP contribution in [0.25, 0.3) is 0 Å². The van der Waals surface area contributed by atoms with Gasteiger partial charge in [0.05, 0.1) is 6.04 Å². The van der Waals surface area contributed by atoms with Gasteiger partial charge < -0.3 is 20.7 Å². The molecule has 2 atom stereocenters. The van der Waals surface area contributed by atoms with Crippen LogP contribution in [0.15, 0.2) is 0 Å². The highest BCUT2D eigenvalue weighted by Crippen LogP contribution is 2.10. The second-order valence-corrected chi connectivity index (χ2v) is 4.13. The number of methoxy groups -OCH3 is 1. The van der Waals surface area contributed by atoms with Crippen LogP contribution in [0.3, 0.4) is 0 Å². The van der Waals surface area contributed by atoms with E-state index in [2.05, 4.69) is 5.32 Å². The fourth-order valence-electron chi connectivity index (χ4n) is 1.97. The number of hydrogen-bond donors (Lipinski definition) is 2. The van der Waals surface area contributed by atoms with Gasteiger partial charge in [0, 0.05) is 26.8 Å². The van der Waals surface area contributed by atoms with Crippen LogP contribution in [0.2, 0.25) is 0 Å². The molecule has 1 heterocycles. The molecule has 1 saturated heterocycles. The number of piperazine rings is 1. The number of amides is 2. The Balaban J connectivity index is 2.62. The number of ether oxygens (including phenoxy) is 1. The van der Waals surface area contributed by atoms with E-state index in [1.54, 1.807) is 12.0 Å².